The molecule has 0 aliphatic carbocycles. The number of carbonyl (C=O) groups is 1. The van der Waals surface area contributed by atoms with Gasteiger partial charge in [0.05, 0.1) is 4.88 Å². The molecule has 0 atom stereocenters. The number of nitrogens with zero attached hydrogens (tertiary/aromatic N) is 1. The monoisotopic (exact) mass is 321 g/mol. The van der Waals surface area contributed by atoms with Gasteiger partial charge in [-0.15, -0.1) is 11.3 Å². The second kappa shape index (κ2) is 5.61. The van der Waals surface area contributed by atoms with Gasteiger partial charge in [0, 0.05) is 30.8 Å². The summed E-state index contributed by atoms with van der Waals surface area (Å²) in [5, 5.41) is 9.60. The van der Waals surface area contributed by atoms with Crippen LogP contribution < -0.4 is 0 Å². The van der Waals surface area contributed by atoms with Crippen molar-refractivity contribution >= 4 is 17.2 Å². The van der Waals surface area contributed by atoms with Crippen LogP contribution in [0.25, 0.3) is 0 Å². The molecule has 1 saturated heterocycles. The minimum Gasteiger partial charge on any atom is -0.380 e. The molecule has 1 N–H and O–H groups in total. The Balaban J connectivity index is 2.06. The Morgan fingerprint density at radius 3 is 2.43 bits per heavy atom. The van der Waals surface area contributed by atoms with Gasteiger partial charge in [0.25, 0.3) is 5.91 Å². The number of amides is 1. The molecule has 0 aromatic carbocycles. The van der Waals surface area contributed by atoms with Crippen LogP contribution in [0.2, 0.25) is 0 Å². The van der Waals surface area contributed by atoms with Crippen LogP contribution >= 0.6 is 11.3 Å². The van der Waals surface area contributed by atoms with E-state index in [0.29, 0.717) is 4.88 Å². The van der Waals surface area contributed by atoms with Crippen molar-refractivity contribution in [3.8, 4) is 0 Å². The molecule has 3 nitrogen and oxygen atoms in total. The SMILES string of the molecule is CCc1sc(C(=O)N2CCC(O)(C(F)(F)F)CC2)cc1C. The summed E-state index contributed by atoms with van der Waals surface area (Å²) in [6, 6.07) is 1.79. The maximum atomic E-state index is 12.7. The third kappa shape index (κ3) is 3.08. The van der Waals surface area contributed by atoms with Gasteiger partial charge in [-0.25, -0.2) is 0 Å². The fraction of sp³-hybridized carbons (Fsp3) is 0.643. The minimum atomic E-state index is -4.64. The summed E-state index contributed by atoms with van der Waals surface area (Å²) < 4.78 is 38.2. The van der Waals surface area contributed by atoms with E-state index in [1.54, 1.807) is 6.07 Å². The number of alkyl halides is 3. The molecule has 0 spiro atoms. The number of hydrogen-bond donors (Lipinski definition) is 1. The molecular weight excluding hydrogens is 303 g/mol. The lowest BCUT2D eigenvalue weighted by molar-refractivity contribution is -0.271. The Morgan fingerprint density at radius 1 is 1.43 bits per heavy atom. The van der Waals surface area contributed by atoms with Gasteiger partial charge in [-0.2, -0.15) is 13.2 Å². The molecule has 1 aromatic rings. The first-order valence-corrected chi connectivity index (χ1v) is 7.67. The van der Waals surface area contributed by atoms with Gasteiger partial charge in [-0.05, 0) is 25.0 Å². The molecular formula is C14H18F3NO2S. The van der Waals surface area contributed by atoms with Crippen LogP contribution in [0.1, 0.15) is 39.9 Å². The van der Waals surface area contributed by atoms with Crippen molar-refractivity contribution in [2.24, 2.45) is 0 Å². The second-order valence-electron chi connectivity index (χ2n) is 5.39. The molecule has 0 saturated carbocycles. The summed E-state index contributed by atoms with van der Waals surface area (Å²) in [7, 11) is 0. The highest BCUT2D eigenvalue weighted by atomic mass is 32.1. The maximum absolute atomic E-state index is 12.7. The highest BCUT2D eigenvalue weighted by Gasteiger charge is 2.54. The van der Waals surface area contributed by atoms with E-state index in [-0.39, 0.29) is 19.0 Å². The van der Waals surface area contributed by atoms with Crippen molar-refractivity contribution in [2.75, 3.05) is 13.1 Å². The molecule has 1 aromatic heterocycles. The summed E-state index contributed by atoms with van der Waals surface area (Å²) in [4.78, 5) is 15.4. The van der Waals surface area contributed by atoms with Crippen molar-refractivity contribution in [2.45, 2.75) is 44.9 Å². The highest BCUT2D eigenvalue weighted by molar-refractivity contribution is 7.14. The molecule has 1 amide bonds. The van der Waals surface area contributed by atoms with E-state index in [9.17, 15) is 23.1 Å². The van der Waals surface area contributed by atoms with Crippen LogP contribution in [0.5, 0.6) is 0 Å². The Bertz CT molecular complexity index is 531. The Kier molecular flexibility index (Phi) is 4.35. The lowest BCUT2D eigenvalue weighted by Gasteiger charge is -2.38. The zero-order valence-electron chi connectivity index (χ0n) is 12.0. The lowest BCUT2D eigenvalue weighted by atomic mass is 9.91. The number of aliphatic hydroxyl groups is 1. The van der Waals surface area contributed by atoms with Crippen LogP contribution in [0.15, 0.2) is 6.07 Å². The number of aryl methyl sites for hydroxylation is 2. The third-order valence-electron chi connectivity index (χ3n) is 3.96. The van der Waals surface area contributed by atoms with Crippen LogP contribution in [-0.4, -0.2) is 40.8 Å². The standard InChI is InChI=1S/C14H18F3NO2S/c1-3-10-9(2)8-11(21-10)12(19)18-6-4-13(20,5-7-18)14(15,16)17/h8,20H,3-7H2,1-2H3. The van der Waals surface area contributed by atoms with Crippen molar-refractivity contribution in [1.82, 2.24) is 4.90 Å². The quantitative estimate of drug-likeness (QED) is 0.909. The predicted octanol–water partition coefficient (Wildman–Crippen LogP) is 3.15. The summed E-state index contributed by atoms with van der Waals surface area (Å²) in [6.07, 6.45) is -4.74. The molecule has 7 heteroatoms. The largest absolute Gasteiger partial charge is 0.417 e. The first-order valence-electron chi connectivity index (χ1n) is 6.85. The number of halogens is 3. The van der Waals surface area contributed by atoms with Gasteiger partial charge in [-0.1, -0.05) is 6.92 Å². The zero-order chi connectivity index (χ0) is 15.8. The molecule has 1 fully saturated rings. The van der Waals surface area contributed by atoms with E-state index >= 15 is 0 Å². The first kappa shape index (κ1) is 16.3. The van der Waals surface area contributed by atoms with Crippen LogP contribution in [0.3, 0.4) is 0 Å². The van der Waals surface area contributed by atoms with Crippen molar-refractivity contribution in [3.05, 3.63) is 21.4 Å². The van der Waals surface area contributed by atoms with Crippen LogP contribution in [0.4, 0.5) is 13.2 Å². The molecule has 21 heavy (non-hydrogen) atoms. The Morgan fingerprint density at radius 2 is 2.00 bits per heavy atom. The van der Waals surface area contributed by atoms with E-state index in [2.05, 4.69) is 0 Å². The lowest BCUT2D eigenvalue weighted by Crippen LogP contribution is -2.54. The summed E-state index contributed by atoms with van der Waals surface area (Å²) >= 11 is 1.39. The predicted molar refractivity (Wildman–Crippen MR) is 74.6 cm³/mol. The summed E-state index contributed by atoms with van der Waals surface area (Å²) in [6.45, 7) is 3.77. The van der Waals surface area contributed by atoms with Gasteiger partial charge in [0.2, 0.25) is 0 Å². The summed E-state index contributed by atoms with van der Waals surface area (Å²) in [5.74, 6) is -0.243. The van der Waals surface area contributed by atoms with Gasteiger partial charge in [0.1, 0.15) is 0 Å². The Hall–Kier alpha value is -1.08. The number of rotatable bonds is 2. The van der Waals surface area contributed by atoms with Crippen LogP contribution in [-0.2, 0) is 6.42 Å². The minimum absolute atomic E-state index is 0.0761. The van der Waals surface area contributed by atoms with E-state index in [1.165, 1.54) is 16.2 Å². The van der Waals surface area contributed by atoms with Crippen molar-refractivity contribution in [3.63, 3.8) is 0 Å². The fourth-order valence-corrected chi connectivity index (χ4v) is 3.58. The maximum Gasteiger partial charge on any atom is 0.417 e. The normalized spacial score (nSPS) is 18.9. The second-order valence-corrected chi connectivity index (χ2v) is 6.53. The molecule has 0 bridgehead atoms. The Labute approximate surface area is 125 Å². The number of likely N-dealkylation sites (tertiary alicyclic amines) is 1. The van der Waals surface area contributed by atoms with Crippen molar-refractivity contribution < 1.29 is 23.1 Å². The molecule has 2 heterocycles. The van der Waals surface area contributed by atoms with Gasteiger partial charge in [0.15, 0.2) is 5.60 Å². The average molecular weight is 321 g/mol. The molecule has 0 unspecified atom stereocenters. The van der Waals surface area contributed by atoms with E-state index in [4.69, 9.17) is 0 Å². The average Bonchev–Trinajstić information content (AvgIpc) is 2.79. The topological polar surface area (TPSA) is 40.5 Å². The number of carbonyl (C=O) groups excluding carboxylic acids is 1. The molecule has 1 aliphatic rings. The van der Waals surface area contributed by atoms with Gasteiger partial charge >= 0.3 is 6.18 Å². The number of hydrogen-bond acceptors (Lipinski definition) is 3. The number of thiophene rings is 1. The first-order chi connectivity index (χ1) is 9.68. The fourth-order valence-electron chi connectivity index (χ4n) is 2.50. The van der Waals surface area contributed by atoms with Crippen LogP contribution in [0, 0.1) is 6.92 Å². The van der Waals surface area contributed by atoms with Crippen molar-refractivity contribution in [1.29, 1.82) is 0 Å². The number of piperidine rings is 1. The zero-order valence-corrected chi connectivity index (χ0v) is 12.8. The highest BCUT2D eigenvalue weighted by Crippen LogP contribution is 2.38. The molecule has 2 rings (SSSR count). The third-order valence-corrected chi connectivity index (χ3v) is 5.33. The van der Waals surface area contributed by atoms with E-state index in [1.807, 2.05) is 13.8 Å². The smallest absolute Gasteiger partial charge is 0.380 e. The van der Waals surface area contributed by atoms with E-state index < -0.39 is 24.6 Å². The summed E-state index contributed by atoms with van der Waals surface area (Å²) in [5.41, 5.74) is -1.63. The molecule has 1 aliphatic heterocycles. The molecule has 118 valence electrons. The van der Waals surface area contributed by atoms with Gasteiger partial charge in [-0.3, -0.25) is 4.79 Å². The van der Waals surface area contributed by atoms with E-state index in [0.717, 1.165) is 16.9 Å². The molecule has 0 radical (unpaired) electrons. The van der Waals surface area contributed by atoms with Gasteiger partial charge < -0.3 is 10.0 Å².